The molecule has 2 aromatic carbocycles. The molecule has 144 valence electrons. The normalized spacial score (nSPS) is 11.8. The fourth-order valence-corrected chi connectivity index (χ4v) is 2.75. The maximum absolute atomic E-state index is 12.4. The highest BCUT2D eigenvalue weighted by molar-refractivity contribution is 6.36. The topological polar surface area (TPSA) is 70.7 Å². The number of carbonyl (C=O) groups is 2. The Morgan fingerprint density at radius 3 is 2.56 bits per heavy atom. The number of benzene rings is 2. The van der Waals surface area contributed by atoms with Gasteiger partial charge in [-0.15, -0.1) is 0 Å². The summed E-state index contributed by atoms with van der Waals surface area (Å²) in [4.78, 5) is 26.3. The van der Waals surface area contributed by atoms with Gasteiger partial charge in [0.1, 0.15) is 5.75 Å². The quantitative estimate of drug-likeness (QED) is 0.727. The van der Waals surface area contributed by atoms with Gasteiger partial charge in [0.15, 0.2) is 0 Å². The number of ether oxygens (including phenoxy) is 1. The van der Waals surface area contributed by atoms with Crippen LogP contribution in [0.2, 0.25) is 10.0 Å². The van der Waals surface area contributed by atoms with Crippen molar-refractivity contribution in [2.75, 3.05) is 31.3 Å². The summed E-state index contributed by atoms with van der Waals surface area (Å²) in [7, 11) is 3.25. The first-order valence-electron chi connectivity index (χ1n) is 8.20. The van der Waals surface area contributed by atoms with Gasteiger partial charge >= 0.3 is 0 Å². The van der Waals surface area contributed by atoms with Gasteiger partial charge < -0.3 is 15.4 Å². The summed E-state index contributed by atoms with van der Waals surface area (Å²) >= 11 is 11.9. The molecule has 0 radical (unpaired) electrons. The molecule has 0 bridgehead atoms. The molecule has 0 aliphatic carbocycles. The molecule has 0 aromatic heterocycles. The first-order valence-corrected chi connectivity index (χ1v) is 8.96. The summed E-state index contributed by atoms with van der Waals surface area (Å²) in [6, 6.07) is 11.3. The monoisotopic (exact) mass is 409 g/mol. The van der Waals surface area contributed by atoms with Crippen LogP contribution >= 0.6 is 23.2 Å². The Bertz CT molecular complexity index is 830. The molecule has 27 heavy (non-hydrogen) atoms. The van der Waals surface area contributed by atoms with Crippen LogP contribution in [0, 0.1) is 0 Å². The SMILES string of the molecule is COc1cccc(NC(=O)CN(C)C(C)C(=O)Nc2ccc(Cl)cc2Cl)c1. The minimum atomic E-state index is -0.548. The summed E-state index contributed by atoms with van der Waals surface area (Å²) in [6.07, 6.45) is 0. The maximum Gasteiger partial charge on any atom is 0.241 e. The average molecular weight is 410 g/mol. The van der Waals surface area contributed by atoms with E-state index >= 15 is 0 Å². The lowest BCUT2D eigenvalue weighted by atomic mass is 10.2. The molecule has 1 atom stereocenters. The molecule has 0 heterocycles. The van der Waals surface area contributed by atoms with Gasteiger partial charge in [-0.1, -0.05) is 29.3 Å². The standard InChI is InChI=1S/C19H21Cl2N3O3/c1-12(19(26)23-17-8-7-13(20)9-16(17)21)24(2)11-18(25)22-14-5-4-6-15(10-14)27-3/h4-10,12H,11H2,1-3H3,(H,22,25)(H,23,26). The van der Waals surface area contributed by atoms with Crippen LogP contribution in [0.3, 0.4) is 0 Å². The Kier molecular flexibility index (Phi) is 7.47. The summed E-state index contributed by atoms with van der Waals surface area (Å²) in [5.41, 5.74) is 1.09. The number of likely N-dealkylation sites (N-methyl/N-ethyl adjacent to an activating group) is 1. The van der Waals surface area contributed by atoms with E-state index in [0.717, 1.165) is 0 Å². The predicted octanol–water partition coefficient (Wildman–Crippen LogP) is 3.90. The molecule has 2 aromatic rings. The highest BCUT2D eigenvalue weighted by Crippen LogP contribution is 2.25. The fourth-order valence-electron chi connectivity index (χ4n) is 2.29. The first-order chi connectivity index (χ1) is 12.8. The number of anilines is 2. The average Bonchev–Trinajstić information content (AvgIpc) is 2.63. The minimum absolute atomic E-state index is 0.0418. The van der Waals surface area contributed by atoms with Crippen molar-refractivity contribution in [3.63, 3.8) is 0 Å². The molecule has 2 N–H and O–H groups in total. The van der Waals surface area contributed by atoms with Crippen molar-refractivity contribution in [3.8, 4) is 5.75 Å². The molecule has 8 heteroatoms. The molecule has 0 fully saturated rings. The number of halogens is 2. The van der Waals surface area contributed by atoms with E-state index in [9.17, 15) is 9.59 Å². The summed E-state index contributed by atoms with van der Waals surface area (Å²) in [6.45, 7) is 1.75. The Morgan fingerprint density at radius 2 is 1.89 bits per heavy atom. The van der Waals surface area contributed by atoms with Gasteiger partial charge in [0.2, 0.25) is 11.8 Å². The van der Waals surface area contributed by atoms with Crippen molar-refractivity contribution < 1.29 is 14.3 Å². The third-order valence-corrected chi connectivity index (χ3v) is 4.52. The Hall–Kier alpha value is -2.28. The van der Waals surface area contributed by atoms with E-state index in [-0.39, 0.29) is 18.4 Å². The van der Waals surface area contributed by atoms with Crippen molar-refractivity contribution in [3.05, 3.63) is 52.5 Å². The number of nitrogens with one attached hydrogen (secondary N) is 2. The number of amides is 2. The molecule has 0 spiro atoms. The van der Waals surface area contributed by atoms with Crippen molar-refractivity contribution >= 4 is 46.4 Å². The van der Waals surface area contributed by atoms with Gasteiger partial charge in [0.05, 0.1) is 30.4 Å². The van der Waals surface area contributed by atoms with E-state index in [4.69, 9.17) is 27.9 Å². The highest BCUT2D eigenvalue weighted by atomic mass is 35.5. The molecule has 1 unspecified atom stereocenters. The lowest BCUT2D eigenvalue weighted by Crippen LogP contribution is -2.43. The van der Waals surface area contributed by atoms with E-state index < -0.39 is 6.04 Å². The third-order valence-electron chi connectivity index (χ3n) is 3.98. The van der Waals surface area contributed by atoms with E-state index in [1.165, 1.54) is 0 Å². The van der Waals surface area contributed by atoms with Gasteiger partial charge in [-0.2, -0.15) is 0 Å². The maximum atomic E-state index is 12.4. The largest absolute Gasteiger partial charge is 0.497 e. The molecular weight excluding hydrogens is 389 g/mol. The molecule has 0 saturated carbocycles. The Labute approximate surface area is 168 Å². The second-order valence-electron chi connectivity index (χ2n) is 5.98. The Morgan fingerprint density at radius 1 is 1.15 bits per heavy atom. The first kappa shape index (κ1) is 21.0. The van der Waals surface area contributed by atoms with Crippen molar-refractivity contribution in [1.29, 1.82) is 0 Å². The zero-order valence-corrected chi connectivity index (χ0v) is 16.8. The van der Waals surface area contributed by atoms with E-state index in [0.29, 0.717) is 27.2 Å². The van der Waals surface area contributed by atoms with E-state index in [1.54, 1.807) is 68.4 Å². The number of rotatable bonds is 7. The number of nitrogens with zero attached hydrogens (tertiary/aromatic N) is 1. The lowest BCUT2D eigenvalue weighted by molar-refractivity contribution is -0.122. The van der Waals surface area contributed by atoms with Crippen LogP contribution in [0.5, 0.6) is 5.75 Å². The smallest absolute Gasteiger partial charge is 0.241 e. The van der Waals surface area contributed by atoms with Crippen LogP contribution in [0.25, 0.3) is 0 Å². The number of hydrogen-bond acceptors (Lipinski definition) is 4. The highest BCUT2D eigenvalue weighted by Gasteiger charge is 2.21. The molecule has 2 amide bonds. The molecule has 0 aliphatic rings. The third kappa shape index (κ3) is 6.13. The van der Waals surface area contributed by atoms with Crippen LogP contribution in [0.15, 0.2) is 42.5 Å². The number of carbonyl (C=O) groups excluding carboxylic acids is 2. The van der Waals surface area contributed by atoms with Gasteiger partial charge in [-0.3, -0.25) is 14.5 Å². The summed E-state index contributed by atoms with van der Waals surface area (Å²) in [5, 5.41) is 6.35. The fraction of sp³-hybridized carbons (Fsp3) is 0.263. The second-order valence-corrected chi connectivity index (χ2v) is 6.83. The Balaban J connectivity index is 1.92. The minimum Gasteiger partial charge on any atom is -0.497 e. The lowest BCUT2D eigenvalue weighted by Gasteiger charge is -2.23. The van der Waals surface area contributed by atoms with Gasteiger partial charge in [-0.25, -0.2) is 0 Å². The van der Waals surface area contributed by atoms with Crippen LogP contribution in [0.1, 0.15) is 6.92 Å². The van der Waals surface area contributed by atoms with E-state index in [2.05, 4.69) is 10.6 Å². The summed E-state index contributed by atoms with van der Waals surface area (Å²) < 4.78 is 5.13. The van der Waals surface area contributed by atoms with Crippen LogP contribution in [-0.4, -0.2) is 43.5 Å². The molecule has 2 rings (SSSR count). The predicted molar refractivity (Wildman–Crippen MR) is 109 cm³/mol. The molecule has 0 aliphatic heterocycles. The van der Waals surface area contributed by atoms with Gasteiger partial charge in [-0.05, 0) is 44.3 Å². The zero-order valence-electron chi connectivity index (χ0n) is 15.3. The zero-order chi connectivity index (χ0) is 20.0. The van der Waals surface area contributed by atoms with Gasteiger partial charge in [0, 0.05) is 16.8 Å². The number of methoxy groups -OCH3 is 1. The van der Waals surface area contributed by atoms with Crippen molar-refractivity contribution in [1.82, 2.24) is 4.90 Å². The van der Waals surface area contributed by atoms with Crippen LogP contribution < -0.4 is 15.4 Å². The summed E-state index contributed by atoms with van der Waals surface area (Å²) in [5.74, 6) is 0.125. The van der Waals surface area contributed by atoms with E-state index in [1.807, 2.05) is 0 Å². The number of hydrogen-bond donors (Lipinski definition) is 2. The molecule has 0 saturated heterocycles. The molecule has 6 nitrogen and oxygen atoms in total. The van der Waals surface area contributed by atoms with Crippen LogP contribution in [0.4, 0.5) is 11.4 Å². The second kappa shape index (κ2) is 9.60. The van der Waals surface area contributed by atoms with Crippen molar-refractivity contribution in [2.45, 2.75) is 13.0 Å². The molecular formula is C19H21Cl2N3O3. The van der Waals surface area contributed by atoms with Crippen LogP contribution in [-0.2, 0) is 9.59 Å². The van der Waals surface area contributed by atoms with Gasteiger partial charge in [0.25, 0.3) is 0 Å². The van der Waals surface area contributed by atoms with Crippen molar-refractivity contribution in [2.24, 2.45) is 0 Å².